The Morgan fingerprint density at radius 3 is 2.44 bits per heavy atom. The summed E-state index contributed by atoms with van der Waals surface area (Å²) in [6.07, 6.45) is 0. The third-order valence-corrected chi connectivity index (χ3v) is 4.49. The van der Waals surface area contributed by atoms with Crippen LogP contribution >= 0.6 is 0 Å². The van der Waals surface area contributed by atoms with E-state index >= 15 is 0 Å². The molecule has 0 saturated carbocycles. The molecule has 0 spiro atoms. The first-order valence-electron chi connectivity index (χ1n) is 5.12. The van der Waals surface area contributed by atoms with Crippen LogP contribution in [0.5, 0.6) is 0 Å². The van der Waals surface area contributed by atoms with Crippen molar-refractivity contribution in [2.24, 2.45) is 0 Å². The summed E-state index contributed by atoms with van der Waals surface area (Å²) in [7, 11) is -4.20. The molecule has 5 heteroatoms. The van der Waals surface area contributed by atoms with E-state index in [0.717, 1.165) is 9.87 Å². The molecule has 0 aliphatic carbocycles. The molecule has 1 aliphatic rings. The van der Waals surface area contributed by atoms with Crippen LogP contribution in [-0.2, 0) is 15.7 Å². The minimum atomic E-state index is -4.20. The first-order chi connectivity index (χ1) is 7.26. The molecule has 88 valence electrons. The molecule has 0 saturated heterocycles. The Morgan fingerprint density at radius 1 is 1.31 bits per heavy atom. The van der Waals surface area contributed by atoms with E-state index in [4.69, 9.17) is 0 Å². The van der Waals surface area contributed by atoms with Crippen molar-refractivity contribution in [3.05, 3.63) is 29.8 Å². The lowest BCUT2D eigenvalue weighted by Gasteiger charge is -2.28. The lowest BCUT2D eigenvalue weighted by atomic mass is 9.81. The molecule has 1 N–H and O–H groups in total. The minimum Gasteiger partial charge on any atom is -0.269 e. The van der Waals surface area contributed by atoms with Crippen LogP contribution in [-0.4, -0.2) is 19.0 Å². The van der Waals surface area contributed by atoms with Crippen molar-refractivity contribution in [3.8, 4) is 0 Å². The van der Waals surface area contributed by atoms with Gasteiger partial charge in [-0.15, -0.1) is 0 Å². The monoisotopic (exact) mass is 241 g/mol. The van der Waals surface area contributed by atoms with Crippen molar-refractivity contribution in [1.29, 1.82) is 0 Å². The number of hydrogen-bond acceptors (Lipinski definition) is 2. The zero-order chi connectivity index (χ0) is 12.1. The summed E-state index contributed by atoms with van der Waals surface area (Å²) in [5, 5.41) is 0. The van der Waals surface area contributed by atoms with Crippen LogP contribution in [0.1, 0.15) is 26.3 Å². The summed E-state index contributed by atoms with van der Waals surface area (Å²) in [4.78, 5) is 0. The highest BCUT2D eigenvalue weighted by atomic mass is 32.2. The Labute approximate surface area is 95.8 Å². The van der Waals surface area contributed by atoms with E-state index < -0.39 is 10.3 Å². The van der Waals surface area contributed by atoms with Gasteiger partial charge in [-0.2, -0.15) is 8.42 Å². The fraction of sp³-hybridized carbons (Fsp3) is 0.455. The Hall–Kier alpha value is -1.07. The van der Waals surface area contributed by atoms with E-state index in [-0.39, 0.29) is 11.5 Å². The van der Waals surface area contributed by atoms with E-state index in [1.165, 1.54) is 0 Å². The number of nitrogens with zero attached hydrogens (tertiary/aromatic N) is 1. The van der Waals surface area contributed by atoms with E-state index in [9.17, 15) is 13.0 Å². The van der Waals surface area contributed by atoms with Crippen molar-refractivity contribution in [2.45, 2.75) is 32.2 Å². The SMILES string of the molecule is CC1N(S(=O)(=O)O)c2ccccc2C1(C)C. The zero-order valence-corrected chi connectivity index (χ0v) is 10.3. The maximum Gasteiger partial charge on any atom is 0.360 e. The Kier molecular flexibility index (Phi) is 2.29. The fourth-order valence-corrected chi connectivity index (χ4v) is 3.33. The van der Waals surface area contributed by atoms with Crippen LogP contribution < -0.4 is 4.31 Å². The van der Waals surface area contributed by atoms with E-state index in [1.54, 1.807) is 19.1 Å². The standard InChI is InChI=1S/C11H15NO3S/c1-8-11(2,3)9-6-4-5-7-10(9)12(8)16(13,14)15/h4-8H,1-3H3,(H,13,14,15). The highest BCUT2D eigenvalue weighted by Gasteiger charge is 2.46. The Bertz CT molecular complexity index is 522. The molecular weight excluding hydrogens is 226 g/mol. The van der Waals surface area contributed by atoms with Gasteiger partial charge < -0.3 is 0 Å². The number of anilines is 1. The summed E-state index contributed by atoms with van der Waals surface area (Å²) in [5.41, 5.74) is 1.22. The maximum atomic E-state index is 11.4. The van der Waals surface area contributed by atoms with Crippen LogP contribution in [0.2, 0.25) is 0 Å². The van der Waals surface area contributed by atoms with Gasteiger partial charge in [0.1, 0.15) is 0 Å². The van der Waals surface area contributed by atoms with E-state index in [1.807, 2.05) is 26.0 Å². The molecule has 1 atom stereocenters. The molecule has 0 fully saturated rings. The largest absolute Gasteiger partial charge is 0.360 e. The second kappa shape index (κ2) is 3.21. The summed E-state index contributed by atoms with van der Waals surface area (Å²) in [5.74, 6) is 0. The van der Waals surface area contributed by atoms with Crippen LogP contribution in [0.3, 0.4) is 0 Å². The number of hydrogen-bond donors (Lipinski definition) is 1. The van der Waals surface area contributed by atoms with Gasteiger partial charge in [0.05, 0.1) is 11.7 Å². The van der Waals surface area contributed by atoms with Gasteiger partial charge in [0.15, 0.2) is 0 Å². The van der Waals surface area contributed by atoms with Gasteiger partial charge in [0.2, 0.25) is 0 Å². The van der Waals surface area contributed by atoms with Crippen LogP contribution in [0, 0.1) is 0 Å². The predicted molar refractivity (Wildman–Crippen MR) is 63.0 cm³/mol. The molecule has 1 aromatic rings. The molecule has 1 aliphatic heterocycles. The average Bonchev–Trinajstić information content (AvgIpc) is 2.35. The lowest BCUT2D eigenvalue weighted by Crippen LogP contribution is -2.42. The van der Waals surface area contributed by atoms with Gasteiger partial charge >= 0.3 is 10.3 Å². The first kappa shape index (κ1) is 11.4. The van der Waals surface area contributed by atoms with Gasteiger partial charge in [0, 0.05) is 5.41 Å². The van der Waals surface area contributed by atoms with Gasteiger partial charge in [-0.1, -0.05) is 32.0 Å². The first-order valence-corrected chi connectivity index (χ1v) is 6.52. The molecule has 1 unspecified atom stereocenters. The topological polar surface area (TPSA) is 57.6 Å². The number of fused-ring (bicyclic) bond motifs is 1. The molecule has 0 aromatic heterocycles. The molecule has 1 aromatic carbocycles. The Morgan fingerprint density at radius 2 is 1.88 bits per heavy atom. The van der Waals surface area contributed by atoms with Gasteiger partial charge in [-0.05, 0) is 18.6 Å². The number of rotatable bonds is 1. The van der Waals surface area contributed by atoms with Crippen molar-refractivity contribution >= 4 is 16.0 Å². The van der Waals surface area contributed by atoms with E-state index in [2.05, 4.69) is 0 Å². The summed E-state index contributed by atoms with van der Waals surface area (Å²) < 4.78 is 33.1. The molecule has 16 heavy (non-hydrogen) atoms. The summed E-state index contributed by atoms with van der Waals surface area (Å²) in [6.45, 7) is 5.75. The summed E-state index contributed by atoms with van der Waals surface area (Å²) >= 11 is 0. The number of benzene rings is 1. The molecule has 0 radical (unpaired) electrons. The van der Waals surface area contributed by atoms with Gasteiger partial charge in [-0.25, -0.2) is 4.31 Å². The Balaban J connectivity index is 2.70. The predicted octanol–water partition coefficient (Wildman–Crippen LogP) is 1.98. The number of para-hydroxylation sites is 1. The highest BCUT2D eigenvalue weighted by molar-refractivity contribution is 7.87. The van der Waals surface area contributed by atoms with Crippen molar-refractivity contribution in [2.75, 3.05) is 4.31 Å². The van der Waals surface area contributed by atoms with Crippen LogP contribution in [0.15, 0.2) is 24.3 Å². The smallest absolute Gasteiger partial charge is 0.269 e. The average molecular weight is 241 g/mol. The van der Waals surface area contributed by atoms with Crippen molar-refractivity contribution in [1.82, 2.24) is 0 Å². The fourth-order valence-electron chi connectivity index (χ4n) is 2.26. The quantitative estimate of drug-likeness (QED) is 0.765. The molecule has 0 bridgehead atoms. The van der Waals surface area contributed by atoms with Crippen molar-refractivity contribution in [3.63, 3.8) is 0 Å². The highest BCUT2D eigenvalue weighted by Crippen LogP contribution is 2.45. The second-order valence-corrected chi connectivity index (χ2v) is 5.98. The van der Waals surface area contributed by atoms with Gasteiger partial charge in [-0.3, -0.25) is 4.55 Å². The maximum absolute atomic E-state index is 11.4. The van der Waals surface area contributed by atoms with Crippen LogP contribution in [0.4, 0.5) is 5.69 Å². The third-order valence-electron chi connectivity index (χ3n) is 3.48. The zero-order valence-electron chi connectivity index (χ0n) is 9.51. The molecular formula is C11H15NO3S. The normalized spacial score (nSPS) is 23.2. The second-order valence-electron chi connectivity index (χ2n) is 4.69. The third kappa shape index (κ3) is 1.43. The van der Waals surface area contributed by atoms with Crippen LogP contribution in [0.25, 0.3) is 0 Å². The molecule has 2 rings (SSSR count). The molecule has 4 nitrogen and oxygen atoms in total. The van der Waals surface area contributed by atoms with Crippen molar-refractivity contribution < 1.29 is 13.0 Å². The van der Waals surface area contributed by atoms with E-state index in [0.29, 0.717) is 5.69 Å². The molecule has 0 amide bonds. The lowest BCUT2D eigenvalue weighted by molar-refractivity contribution is 0.433. The summed E-state index contributed by atoms with van der Waals surface area (Å²) in [6, 6.07) is 6.97. The molecule has 1 heterocycles. The minimum absolute atomic E-state index is 0.292. The van der Waals surface area contributed by atoms with Gasteiger partial charge in [0.25, 0.3) is 0 Å².